The van der Waals surface area contributed by atoms with E-state index in [4.69, 9.17) is 14.2 Å². The Morgan fingerprint density at radius 1 is 0.512 bits per heavy atom. The van der Waals surface area contributed by atoms with E-state index in [0.717, 1.165) is 69.1 Å². The van der Waals surface area contributed by atoms with E-state index in [0.29, 0.717) is 0 Å². The van der Waals surface area contributed by atoms with E-state index in [1.165, 1.54) is 67.2 Å². The van der Waals surface area contributed by atoms with Gasteiger partial charge in [0.25, 0.3) is 0 Å². The molecular weight excluding hydrogens is 579 g/mol. The normalized spacial score (nSPS) is 10.5. The molecule has 3 rings (SSSR count). The third-order valence-corrected chi connectivity index (χ3v) is 7.75. The Balaban J connectivity index is 0.00000462. The molecule has 0 bridgehead atoms. The van der Waals surface area contributed by atoms with E-state index >= 15 is 0 Å². The number of aryl methyl sites for hydroxylation is 1. The molecule has 7 heteroatoms. The lowest BCUT2D eigenvalue weighted by molar-refractivity contribution is 0.351. The summed E-state index contributed by atoms with van der Waals surface area (Å²) in [7, 11) is 5.15. The second kappa shape index (κ2) is 23.9. The molecule has 43 heavy (non-hydrogen) atoms. The number of halogens is 2. The molecule has 0 fully saturated rings. The molecule has 2 N–H and O–H groups in total. The van der Waals surface area contributed by atoms with Crippen molar-refractivity contribution in [2.75, 3.05) is 47.5 Å². The highest BCUT2D eigenvalue weighted by Gasteiger charge is 2.15. The van der Waals surface area contributed by atoms with Crippen LogP contribution in [0.2, 0.25) is 0 Å². The Bertz CT molecular complexity index is 1110. The maximum atomic E-state index is 5.81. The van der Waals surface area contributed by atoms with Crippen LogP contribution in [-0.2, 0) is 25.7 Å². The molecule has 0 saturated carbocycles. The highest BCUT2D eigenvalue weighted by molar-refractivity contribution is 5.85. The SMILES string of the molecule is COc1cccc(CCc2c(CCNCCCCCCCCCNCCc3ccccc3)ccc(OC)c2OC)c1.Cl.Cl. The first-order chi connectivity index (χ1) is 20.2. The summed E-state index contributed by atoms with van der Waals surface area (Å²) in [5.41, 5.74) is 5.24. The number of nitrogens with one attached hydrogen (secondary N) is 2. The lowest BCUT2D eigenvalue weighted by Gasteiger charge is -2.17. The molecule has 3 aromatic carbocycles. The van der Waals surface area contributed by atoms with Gasteiger partial charge in [-0.25, -0.2) is 0 Å². The van der Waals surface area contributed by atoms with E-state index in [9.17, 15) is 0 Å². The summed E-state index contributed by atoms with van der Waals surface area (Å²) in [5, 5.41) is 7.25. The highest BCUT2D eigenvalue weighted by Crippen LogP contribution is 2.34. The topological polar surface area (TPSA) is 51.8 Å². The van der Waals surface area contributed by atoms with E-state index in [1.807, 2.05) is 12.1 Å². The van der Waals surface area contributed by atoms with Crippen molar-refractivity contribution in [1.29, 1.82) is 0 Å². The molecule has 0 amide bonds. The number of unbranched alkanes of at least 4 members (excludes halogenated alkanes) is 6. The fourth-order valence-electron chi connectivity index (χ4n) is 5.37. The number of ether oxygens (including phenoxy) is 3. The van der Waals surface area contributed by atoms with Crippen LogP contribution in [0.1, 0.15) is 67.2 Å². The minimum absolute atomic E-state index is 0. The second-order valence-corrected chi connectivity index (χ2v) is 10.8. The lowest BCUT2D eigenvalue weighted by Crippen LogP contribution is -2.19. The molecule has 3 aromatic rings. The van der Waals surface area contributed by atoms with Gasteiger partial charge in [-0.3, -0.25) is 0 Å². The number of benzene rings is 3. The first-order valence-corrected chi connectivity index (χ1v) is 15.6. The summed E-state index contributed by atoms with van der Waals surface area (Å²) in [6.45, 7) is 4.27. The summed E-state index contributed by atoms with van der Waals surface area (Å²) in [6.07, 6.45) is 13.1. The minimum atomic E-state index is 0. The Morgan fingerprint density at radius 3 is 1.77 bits per heavy atom. The van der Waals surface area contributed by atoms with Crippen molar-refractivity contribution < 1.29 is 14.2 Å². The molecule has 0 spiro atoms. The summed E-state index contributed by atoms with van der Waals surface area (Å²) < 4.78 is 16.8. The molecule has 0 aliphatic carbocycles. The second-order valence-electron chi connectivity index (χ2n) is 10.8. The predicted octanol–water partition coefficient (Wildman–Crippen LogP) is 8.04. The summed E-state index contributed by atoms with van der Waals surface area (Å²) in [5.74, 6) is 2.55. The van der Waals surface area contributed by atoms with Gasteiger partial charge in [-0.05, 0) is 99.6 Å². The van der Waals surface area contributed by atoms with Crippen LogP contribution >= 0.6 is 24.8 Å². The molecule has 0 radical (unpaired) electrons. The third kappa shape index (κ3) is 14.7. The number of rotatable bonds is 22. The van der Waals surface area contributed by atoms with Crippen LogP contribution in [-0.4, -0.2) is 47.5 Å². The van der Waals surface area contributed by atoms with Gasteiger partial charge in [0.05, 0.1) is 21.3 Å². The molecule has 0 saturated heterocycles. The van der Waals surface area contributed by atoms with Crippen molar-refractivity contribution in [3.8, 4) is 17.2 Å². The molecule has 0 aliphatic heterocycles. The van der Waals surface area contributed by atoms with Crippen LogP contribution in [0, 0.1) is 0 Å². The molecule has 0 unspecified atom stereocenters. The van der Waals surface area contributed by atoms with E-state index in [1.54, 1.807) is 21.3 Å². The maximum Gasteiger partial charge on any atom is 0.164 e. The quantitative estimate of drug-likeness (QED) is 0.110. The average Bonchev–Trinajstić information content (AvgIpc) is 3.02. The Labute approximate surface area is 273 Å². The van der Waals surface area contributed by atoms with Crippen LogP contribution in [0.3, 0.4) is 0 Å². The fourth-order valence-corrected chi connectivity index (χ4v) is 5.37. The zero-order valence-corrected chi connectivity index (χ0v) is 28.1. The van der Waals surface area contributed by atoms with Gasteiger partial charge in [-0.1, -0.05) is 80.6 Å². The van der Waals surface area contributed by atoms with Crippen molar-refractivity contribution in [3.63, 3.8) is 0 Å². The van der Waals surface area contributed by atoms with Crippen LogP contribution in [0.15, 0.2) is 66.7 Å². The monoisotopic (exact) mass is 632 g/mol. The van der Waals surface area contributed by atoms with E-state index in [2.05, 4.69) is 65.2 Å². The molecule has 0 aliphatic rings. The summed E-state index contributed by atoms with van der Waals surface area (Å²) in [6, 6.07) is 23.3. The van der Waals surface area contributed by atoms with Gasteiger partial charge in [0.15, 0.2) is 11.5 Å². The summed E-state index contributed by atoms with van der Waals surface area (Å²) in [4.78, 5) is 0. The van der Waals surface area contributed by atoms with Crippen LogP contribution < -0.4 is 24.8 Å². The Hall–Kier alpha value is -2.44. The number of hydrogen-bond acceptors (Lipinski definition) is 5. The van der Waals surface area contributed by atoms with Gasteiger partial charge in [0.2, 0.25) is 0 Å². The smallest absolute Gasteiger partial charge is 0.164 e. The summed E-state index contributed by atoms with van der Waals surface area (Å²) >= 11 is 0. The first kappa shape index (κ1) is 38.6. The lowest BCUT2D eigenvalue weighted by atomic mass is 9.96. The van der Waals surface area contributed by atoms with Gasteiger partial charge in [0, 0.05) is 5.56 Å². The van der Waals surface area contributed by atoms with Crippen LogP contribution in [0.5, 0.6) is 17.2 Å². The van der Waals surface area contributed by atoms with E-state index in [-0.39, 0.29) is 24.8 Å². The van der Waals surface area contributed by atoms with Crippen molar-refractivity contribution in [2.45, 2.75) is 70.6 Å². The zero-order valence-electron chi connectivity index (χ0n) is 26.5. The van der Waals surface area contributed by atoms with E-state index < -0.39 is 0 Å². The maximum absolute atomic E-state index is 5.81. The molecular formula is C36H54Cl2N2O3. The predicted molar refractivity (Wildman–Crippen MR) is 186 cm³/mol. The molecule has 0 heterocycles. The highest BCUT2D eigenvalue weighted by atomic mass is 35.5. The Kier molecular flexibility index (Phi) is 21.5. The zero-order chi connectivity index (χ0) is 29.0. The van der Waals surface area contributed by atoms with Gasteiger partial charge >= 0.3 is 0 Å². The molecule has 240 valence electrons. The fraction of sp³-hybridized carbons (Fsp3) is 0.500. The van der Waals surface area contributed by atoms with Crippen molar-refractivity contribution in [1.82, 2.24) is 10.6 Å². The van der Waals surface area contributed by atoms with Crippen molar-refractivity contribution >= 4 is 24.8 Å². The van der Waals surface area contributed by atoms with Crippen molar-refractivity contribution in [2.24, 2.45) is 0 Å². The van der Waals surface area contributed by atoms with Crippen LogP contribution in [0.25, 0.3) is 0 Å². The molecule has 0 aromatic heterocycles. The van der Waals surface area contributed by atoms with Gasteiger partial charge in [0.1, 0.15) is 5.75 Å². The number of methoxy groups -OCH3 is 3. The average molecular weight is 634 g/mol. The van der Waals surface area contributed by atoms with Crippen molar-refractivity contribution in [3.05, 3.63) is 89.0 Å². The molecule has 0 atom stereocenters. The minimum Gasteiger partial charge on any atom is -0.497 e. The van der Waals surface area contributed by atoms with Gasteiger partial charge in [-0.2, -0.15) is 0 Å². The molecule has 5 nitrogen and oxygen atoms in total. The van der Waals surface area contributed by atoms with Crippen LogP contribution in [0.4, 0.5) is 0 Å². The largest absolute Gasteiger partial charge is 0.497 e. The van der Waals surface area contributed by atoms with Gasteiger partial charge in [-0.15, -0.1) is 24.8 Å². The third-order valence-electron chi connectivity index (χ3n) is 7.75. The Morgan fingerprint density at radius 2 is 1.14 bits per heavy atom. The van der Waals surface area contributed by atoms with Gasteiger partial charge < -0.3 is 24.8 Å². The standard InChI is InChI=1S/C36H52N2O3.2ClH/c1-39-33-18-14-17-31(29-33)19-21-34-32(20-22-35(40-2)36(34)41-3)24-28-38-26-13-8-6-4-5-7-12-25-37-27-23-30-15-10-9-11-16-30;;/h9-11,14-18,20,22,29,37-38H,4-8,12-13,19,21,23-28H2,1-3H3;2*1H. The first-order valence-electron chi connectivity index (χ1n) is 15.6. The number of hydrogen-bond donors (Lipinski definition) is 2.